The highest BCUT2D eigenvalue weighted by molar-refractivity contribution is 5.09. The first-order valence-electron chi connectivity index (χ1n) is 5.08. The van der Waals surface area contributed by atoms with Crippen molar-refractivity contribution in [2.45, 2.75) is 43.7 Å². The van der Waals surface area contributed by atoms with Crippen LogP contribution in [-0.2, 0) is 0 Å². The van der Waals surface area contributed by atoms with Crippen molar-refractivity contribution < 1.29 is 4.52 Å². The molecule has 0 aliphatic carbocycles. The van der Waals surface area contributed by atoms with Gasteiger partial charge < -0.3 is 9.84 Å². The molecule has 1 aromatic rings. The molecule has 3 heteroatoms. The second-order valence-corrected chi connectivity index (χ2v) is 4.23. The Balaban J connectivity index is 1.80. The summed E-state index contributed by atoms with van der Waals surface area (Å²) in [7, 11) is 0. The van der Waals surface area contributed by atoms with Gasteiger partial charge in [0.25, 0.3) is 0 Å². The lowest BCUT2D eigenvalue weighted by Gasteiger charge is -2.27. The second-order valence-electron chi connectivity index (χ2n) is 4.23. The van der Waals surface area contributed by atoms with Gasteiger partial charge in [0.05, 0.1) is 5.69 Å². The quantitative estimate of drug-likeness (QED) is 0.711. The number of rotatable bonds is 1. The van der Waals surface area contributed by atoms with Crippen LogP contribution in [0.3, 0.4) is 0 Å². The summed E-state index contributed by atoms with van der Waals surface area (Å²) in [5, 5.41) is 7.66. The van der Waals surface area contributed by atoms with Gasteiger partial charge in [-0.05, 0) is 25.7 Å². The van der Waals surface area contributed by atoms with Crippen molar-refractivity contribution in [2.24, 2.45) is 0 Å². The fourth-order valence-electron chi connectivity index (χ4n) is 2.73. The van der Waals surface area contributed by atoms with E-state index in [0.29, 0.717) is 5.92 Å². The van der Waals surface area contributed by atoms with Crippen LogP contribution in [0.1, 0.15) is 37.3 Å². The number of nitrogens with zero attached hydrogens (tertiary/aromatic N) is 1. The van der Waals surface area contributed by atoms with E-state index in [9.17, 15) is 0 Å². The summed E-state index contributed by atoms with van der Waals surface area (Å²) in [6.07, 6.45) is 6.85. The van der Waals surface area contributed by atoms with Crippen molar-refractivity contribution in [3.63, 3.8) is 0 Å². The fraction of sp³-hybridized carbons (Fsp3) is 0.700. The first-order valence-corrected chi connectivity index (χ1v) is 5.08. The molecule has 0 aromatic carbocycles. The highest BCUT2D eigenvalue weighted by Gasteiger charge is 2.34. The maximum absolute atomic E-state index is 4.89. The number of fused-ring (bicyclic) bond motifs is 2. The summed E-state index contributed by atoms with van der Waals surface area (Å²) in [6.45, 7) is 0. The minimum atomic E-state index is 0.637. The number of piperidine rings is 1. The third-order valence-electron chi connectivity index (χ3n) is 3.35. The Morgan fingerprint density at radius 1 is 1.31 bits per heavy atom. The lowest BCUT2D eigenvalue weighted by molar-refractivity contribution is 0.340. The molecule has 0 amide bonds. The van der Waals surface area contributed by atoms with Gasteiger partial charge in [0.2, 0.25) is 0 Å². The van der Waals surface area contributed by atoms with Crippen LogP contribution < -0.4 is 5.32 Å². The Morgan fingerprint density at radius 3 is 2.69 bits per heavy atom. The lowest BCUT2D eigenvalue weighted by Crippen LogP contribution is -2.37. The standard InChI is InChI=1S/C10H14N2O/c1-2-9-6-7(5-8(1)11-9)10-3-4-13-12-10/h3-4,7-9,11H,1-2,5-6H2. The van der Waals surface area contributed by atoms with E-state index in [1.807, 2.05) is 6.07 Å². The maximum Gasteiger partial charge on any atom is 0.124 e. The summed E-state index contributed by atoms with van der Waals surface area (Å²) in [5.74, 6) is 0.637. The Kier molecular flexibility index (Phi) is 1.65. The Labute approximate surface area is 77.5 Å². The van der Waals surface area contributed by atoms with Gasteiger partial charge in [-0.25, -0.2) is 0 Å². The van der Waals surface area contributed by atoms with Crippen LogP contribution in [0.25, 0.3) is 0 Å². The van der Waals surface area contributed by atoms with Crippen LogP contribution in [0, 0.1) is 0 Å². The molecule has 0 spiro atoms. The molecule has 3 rings (SSSR count). The SMILES string of the molecule is c1cc(C2CC3CCC(C2)N3)no1. The third kappa shape index (κ3) is 1.27. The fourth-order valence-corrected chi connectivity index (χ4v) is 2.73. The van der Waals surface area contributed by atoms with Crippen molar-refractivity contribution in [1.29, 1.82) is 0 Å². The van der Waals surface area contributed by atoms with Crippen molar-refractivity contribution in [3.05, 3.63) is 18.0 Å². The number of hydrogen-bond donors (Lipinski definition) is 1. The molecule has 2 aliphatic rings. The van der Waals surface area contributed by atoms with Crippen LogP contribution in [0.4, 0.5) is 0 Å². The minimum absolute atomic E-state index is 0.637. The molecule has 2 fully saturated rings. The molecule has 2 saturated heterocycles. The van der Waals surface area contributed by atoms with Crippen LogP contribution in [0.2, 0.25) is 0 Å². The third-order valence-corrected chi connectivity index (χ3v) is 3.35. The molecule has 2 unspecified atom stereocenters. The lowest BCUT2D eigenvalue weighted by atomic mass is 9.90. The molecule has 0 saturated carbocycles. The largest absolute Gasteiger partial charge is 0.365 e. The van der Waals surface area contributed by atoms with Gasteiger partial charge in [-0.15, -0.1) is 0 Å². The van der Waals surface area contributed by atoms with Gasteiger partial charge in [0, 0.05) is 24.1 Å². The molecule has 13 heavy (non-hydrogen) atoms. The first kappa shape index (κ1) is 7.56. The van der Waals surface area contributed by atoms with Gasteiger partial charge in [0.1, 0.15) is 6.26 Å². The monoisotopic (exact) mass is 178 g/mol. The van der Waals surface area contributed by atoms with Crippen molar-refractivity contribution in [2.75, 3.05) is 0 Å². The predicted octanol–water partition coefficient (Wildman–Crippen LogP) is 1.67. The van der Waals surface area contributed by atoms with Gasteiger partial charge in [-0.3, -0.25) is 0 Å². The van der Waals surface area contributed by atoms with Crippen LogP contribution >= 0.6 is 0 Å². The summed E-state index contributed by atoms with van der Waals surface area (Å²) in [5.41, 5.74) is 1.15. The van der Waals surface area contributed by atoms with Crippen molar-refractivity contribution in [3.8, 4) is 0 Å². The highest BCUT2D eigenvalue weighted by atomic mass is 16.5. The summed E-state index contributed by atoms with van der Waals surface area (Å²) >= 11 is 0. The van der Waals surface area contributed by atoms with Crippen LogP contribution in [0.15, 0.2) is 16.9 Å². The smallest absolute Gasteiger partial charge is 0.124 e. The molecule has 0 radical (unpaired) electrons. The summed E-state index contributed by atoms with van der Waals surface area (Å²) in [4.78, 5) is 0. The normalized spacial score (nSPS) is 38.0. The van der Waals surface area contributed by atoms with Crippen LogP contribution in [-0.4, -0.2) is 17.2 Å². The van der Waals surface area contributed by atoms with E-state index < -0.39 is 0 Å². The molecule has 2 atom stereocenters. The van der Waals surface area contributed by atoms with Gasteiger partial charge in [-0.2, -0.15) is 0 Å². The second kappa shape index (κ2) is 2.84. The molecule has 1 N–H and O–H groups in total. The Hall–Kier alpha value is -0.830. The van der Waals surface area contributed by atoms with Crippen molar-refractivity contribution in [1.82, 2.24) is 10.5 Å². The highest BCUT2D eigenvalue weighted by Crippen LogP contribution is 2.36. The van der Waals surface area contributed by atoms with E-state index in [1.165, 1.54) is 25.7 Å². The molecule has 2 aliphatic heterocycles. The molecule has 3 nitrogen and oxygen atoms in total. The number of aromatic nitrogens is 1. The van der Waals surface area contributed by atoms with E-state index in [-0.39, 0.29) is 0 Å². The minimum Gasteiger partial charge on any atom is -0.365 e. The molecule has 2 bridgehead atoms. The average Bonchev–Trinajstić information content (AvgIpc) is 2.75. The van der Waals surface area contributed by atoms with Gasteiger partial charge in [0.15, 0.2) is 0 Å². The Bertz CT molecular complexity index is 271. The van der Waals surface area contributed by atoms with E-state index >= 15 is 0 Å². The molecule has 70 valence electrons. The maximum atomic E-state index is 4.89. The van der Waals surface area contributed by atoms with Crippen LogP contribution in [0.5, 0.6) is 0 Å². The molecular formula is C10H14N2O. The number of hydrogen-bond acceptors (Lipinski definition) is 3. The van der Waals surface area contributed by atoms with E-state index in [0.717, 1.165) is 17.8 Å². The zero-order chi connectivity index (χ0) is 8.67. The molecule has 1 aromatic heterocycles. The van der Waals surface area contributed by atoms with Gasteiger partial charge >= 0.3 is 0 Å². The zero-order valence-corrected chi connectivity index (χ0v) is 7.57. The average molecular weight is 178 g/mol. The van der Waals surface area contributed by atoms with E-state index in [2.05, 4.69) is 10.5 Å². The first-order chi connectivity index (χ1) is 6.42. The van der Waals surface area contributed by atoms with E-state index in [1.54, 1.807) is 6.26 Å². The van der Waals surface area contributed by atoms with E-state index in [4.69, 9.17) is 4.52 Å². The molecular weight excluding hydrogens is 164 g/mol. The summed E-state index contributed by atoms with van der Waals surface area (Å²) < 4.78 is 4.89. The number of nitrogens with one attached hydrogen (secondary N) is 1. The Morgan fingerprint density at radius 2 is 2.08 bits per heavy atom. The zero-order valence-electron chi connectivity index (χ0n) is 7.57. The van der Waals surface area contributed by atoms with Gasteiger partial charge in [-0.1, -0.05) is 5.16 Å². The topological polar surface area (TPSA) is 38.1 Å². The molecule has 3 heterocycles. The predicted molar refractivity (Wildman–Crippen MR) is 48.4 cm³/mol. The van der Waals surface area contributed by atoms with Crippen molar-refractivity contribution >= 4 is 0 Å². The summed E-state index contributed by atoms with van der Waals surface area (Å²) in [6, 6.07) is 3.48.